The van der Waals surface area contributed by atoms with Crippen LogP contribution in [0.5, 0.6) is 11.5 Å². The number of aryl methyl sites for hydroxylation is 1. The van der Waals surface area contributed by atoms with Crippen molar-refractivity contribution >= 4 is 0 Å². The van der Waals surface area contributed by atoms with Crippen molar-refractivity contribution < 1.29 is 24.1 Å². The van der Waals surface area contributed by atoms with Crippen LogP contribution in [0.3, 0.4) is 0 Å². The van der Waals surface area contributed by atoms with E-state index in [0.717, 1.165) is 16.9 Å². The maximum atomic E-state index is 13.1. The van der Waals surface area contributed by atoms with Crippen LogP contribution in [0.15, 0.2) is 60.9 Å². The fraction of sp³-hybridized carbons (Fsp3) is 0.400. The van der Waals surface area contributed by atoms with Gasteiger partial charge >= 0.3 is 0 Å². The van der Waals surface area contributed by atoms with Crippen LogP contribution >= 0.6 is 0 Å². The van der Waals surface area contributed by atoms with Gasteiger partial charge in [-0.15, -0.1) is 0 Å². The quantitative estimate of drug-likeness (QED) is 0.517. The molecule has 1 aliphatic heterocycles. The van der Waals surface area contributed by atoms with E-state index >= 15 is 0 Å². The van der Waals surface area contributed by atoms with Gasteiger partial charge in [-0.3, -0.25) is 9.58 Å². The Morgan fingerprint density at radius 1 is 1.15 bits per heavy atom. The number of nitrogens with zero attached hydrogens (tertiary/aromatic N) is 3. The minimum absolute atomic E-state index is 0.0770. The Balaban J connectivity index is 1.31. The molecule has 0 amide bonds. The minimum atomic E-state index is -1.41. The van der Waals surface area contributed by atoms with Crippen LogP contribution in [0.2, 0.25) is 0 Å². The summed E-state index contributed by atoms with van der Waals surface area (Å²) in [6.45, 7) is 4.64. The second-order valence-corrected chi connectivity index (χ2v) is 8.64. The third-order valence-electron chi connectivity index (χ3n) is 5.79. The normalized spacial score (nSPS) is 21.2. The third kappa shape index (κ3) is 6.31. The van der Waals surface area contributed by atoms with Gasteiger partial charge in [-0.05, 0) is 60.9 Å². The maximum absolute atomic E-state index is 13.1. The zero-order valence-electron chi connectivity index (χ0n) is 18.7. The molecule has 7 nitrogen and oxygen atoms in total. The van der Waals surface area contributed by atoms with Gasteiger partial charge in [-0.1, -0.05) is 12.1 Å². The van der Waals surface area contributed by atoms with Crippen molar-refractivity contribution in [3.8, 4) is 11.5 Å². The fourth-order valence-electron chi connectivity index (χ4n) is 4.00. The largest absolute Gasteiger partial charge is 0.492 e. The number of piperidine rings is 1. The predicted octanol–water partition coefficient (Wildman–Crippen LogP) is 2.79. The number of hydrogen-bond acceptors (Lipinski definition) is 6. The van der Waals surface area contributed by atoms with E-state index in [1.54, 1.807) is 0 Å². The maximum Gasteiger partial charge on any atom is 0.137 e. The predicted molar refractivity (Wildman–Crippen MR) is 122 cm³/mol. The molecule has 1 fully saturated rings. The van der Waals surface area contributed by atoms with Crippen molar-refractivity contribution in [1.82, 2.24) is 14.7 Å². The lowest BCUT2D eigenvalue weighted by molar-refractivity contribution is -0.140. The molecule has 2 heterocycles. The highest BCUT2D eigenvalue weighted by Crippen LogP contribution is 2.26. The molecular formula is C25H30FN3O4. The summed E-state index contributed by atoms with van der Waals surface area (Å²) in [6, 6.07) is 13.5. The number of rotatable bonds is 9. The van der Waals surface area contributed by atoms with Gasteiger partial charge in [0.1, 0.15) is 36.1 Å². The van der Waals surface area contributed by atoms with E-state index in [2.05, 4.69) is 10.00 Å². The van der Waals surface area contributed by atoms with Crippen molar-refractivity contribution in [2.45, 2.75) is 38.1 Å². The summed E-state index contributed by atoms with van der Waals surface area (Å²) in [6.07, 6.45) is 3.34. The number of β-amino-alcohol motifs (C(OH)–C–C–N with tert-alkyl or cyclic N) is 1. The molecule has 176 valence electrons. The molecule has 2 aromatic carbocycles. The van der Waals surface area contributed by atoms with Gasteiger partial charge in [0.05, 0.1) is 18.8 Å². The van der Waals surface area contributed by atoms with Crippen molar-refractivity contribution in [1.29, 1.82) is 0 Å². The molecule has 0 radical (unpaired) electrons. The first-order valence-electron chi connectivity index (χ1n) is 11.1. The molecule has 0 spiro atoms. The van der Waals surface area contributed by atoms with E-state index in [4.69, 9.17) is 9.47 Å². The third-order valence-corrected chi connectivity index (χ3v) is 5.79. The molecule has 1 aromatic heterocycles. The highest BCUT2D eigenvalue weighted by Gasteiger charge is 2.42. The fourth-order valence-corrected chi connectivity index (χ4v) is 4.00. The standard InChI is InChI=1S/C25H30FN3O4/c1-19-14-27-29(15-19)11-12-32-23-4-2-3-20(13-23)16-28-10-9-24(30)25(31,17-28)18-33-22-7-5-21(26)6-8-22/h2-8,13-15,24,30-31H,9-12,16-18H2,1H3/t24-,25-/m0/s1. The van der Waals surface area contributed by atoms with Crippen LogP contribution < -0.4 is 9.47 Å². The molecule has 8 heteroatoms. The number of likely N-dealkylation sites (tertiary alicyclic amines) is 1. The van der Waals surface area contributed by atoms with E-state index in [1.165, 1.54) is 24.3 Å². The molecular weight excluding hydrogens is 425 g/mol. The van der Waals surface area contributed by atoms with Gasteiger partial charge in [0.15, 0.2) is 0 Å². The number of hydrogen-bond donors (Lipinski definition) is 2. The lowest BCUT2D eigenvalue weighted by Crippen LogP contribution is -2.59. The van der Waals surface area contributed by atoms with Crippen molar-refractivity contribution in [2.75, 3.05) is 26.3 Å². The zero-order valence-corrected chi connectivity index (χ0v) is 18.7. The number of aliphatic hydroxyl groups excluding tert-OH is 1. The Hall–Kier alpha value is -2.94. The first kappa shape index (κ1) is 23.2. The first-order valence-corrected chi connectivity index (χ1v) is 11.1. The van der Waals surface area contributed by atoms with E-state index in [9.17, 15) is 14.6 Å². The van der Waals surface area contributed by atoms with Gasteiger partial charge in [-0.25, -0.2) is 4.39 Å². The van der Waals surface area contributed by atoms with Gasteiger partial charge in [0, 0.05) is 25.8 Å². The molecule has 3 aromatic rings. The Kier molecular flexibility index (Phi) is 7.27. The van der Waals surface area contributed by atoms with Crippen molar-refractivity contribution in [2.24, 2.45) is 0 Å². The van der Waals surface area contributed by atoms with Crippen LogP contribution in [0.25, 0.3) is 0 Å². The van der Waals surface area contributed by atoms with E-state index < -0.39 is 11.7 Å². The number of benzene rings is 2. The second kappa shape index (κ2) is 10.3. The lowest BCUT2D eigenvalue weighted by Gasteiger charge is -2.42. The molecule has 0 aliphatic carbocycles. The Bertz CT molecular complexity index is 1040. The van der Waals surface area contributed by atoms with E-state index in [-0.39, 0.29) is 19.0 Å². The Morgan fingerprint density at radius 3 is 2.73 bits per heavy atom. The van der Waals surface area contributed by atoms with Gasteiger partial charge in [0.2, 0.25) is 0 Å². The van der Waals surface area contributed by atoms with Crippen LogP contribution in [0, 0.1) is 12.7 Å². The number of aromatic nitrogens is 2. The smallest absolute Gasteiger partial charge is 0.137 e. The Morgan fingerprint density at radius 2 is 1.97 bits per heavy atom. The average molecular weight is 456 g/mol. The average Bonchev–Trinajstić information content (AvgIpc) is 3.21. The molecule has 1 aliphatic rings. The summed E-state index contributed by atoms with van der Waals surface area (Å²) >= 11 is 0. The van der Waals surface area contributed by atoms with Crippen molar-refractivity contribution in [3.63, 3.8) is 0 Å². The summed E-state index contributed by atoms with van der Waals surface area (Å²) in [7, 11) is 0. The highest BCUT2D eigenvalue weighted by atomic mass is 19.1. The molecule has 0 bridgehead atoms. The summed E-state index contributed by atoms with van der Waals surface area (Å²) in [5.74, 6) is 0.875. The van der Waals surface area contributed by atoms with E-state index in [0.29, 0.717) is 38.4 Å². The SMILES string of the molecule is Cc1cnn(CCOc2cccc(CN3CC[C@H](O)[C@@](O)(COc4ccc(F)cc4)C3)c2)c1. The summed E-state index contributed by atoms with van der Waals surface area (Å²) in [5.41, 5.74) is 0.759. The topological polar surface area (TPSA) is 80.0 Å². The van der Waals surface area contributed by atoms with Gasteiger partial charge in [0.25, 0.3) is 0 Å². The molecule has 0 unspecified atom stereocenters. The van der Waals surface area contributed by atoms with Crippen LogP contribution in [-0.2, 0) is 13.1 Å². The molecule has 2 N–H and O–H groups in total. The zero-order chi connectivity index (χ0) is 23.3. The molecule has 2 atom stereocenters. The van der Waals surface area contributed by atoms with E-state index in [1.807, 2.05) is 48.3 Å². The van der Waals surface area contributed by atoms with Crippen molar-refractivity contribution in [3.05, 3.63) is 77.9 Å². The van der Waals surface area contributed by atoms with Gasteiger partial charge < -0.3 is 19.7 Å². The summed E-state index contributed by atoms with van der Waals surface area (Å²) < 4.78 is 26.5. The molecule has 33 heavy (non-hydrogen) atoms. The number of halogens is 1. The monoisotopic (exact) mass is 455 g/mol. The molecule has 0 saturated carbocycles. The number of aliphatic hydroxyl groups is 2. The van der Waals surface area contributed by atoms with Crippen LogP contribution in [0.1, 0.15) is 17.5 Å². The van der Waals surface area contributed by atoms with Crippen LogP contribution in [-0.4, -0.2) is 62.9 Å². The molecule has 1 saturated heterocycles. The first-order chi connectivity index (χ1) is 15.9. The lowest BCUT2D eigenvalue weighted by atomic mass is 9.90. The van der Waals surface area contributed by atoms with Gasteiger partial charge in [-0.2, -0.15) is 5.10 Å². The minimum Gasteiger partial charge on any atom is -0.492 e. The Labute approximate surface area is 193 Å². The molecule has 4 rings (SSSR count). The van der Waals surface area contributed by atoms with Crippen LogP contribution in [0.4, 0.5) is 4.39 Å². The number of ether oxygens (including phenoxy) is 2. The highest BCUT2D eigenvalue weighted by molar-refractivity contribution is 5.28. The summed E-state index contributed by atoms with van der Waals surface area (Å²) in [4.78, 5) is 2.09. The second-order valence-electron chi connectivity index (χ2n) is 8.64. The summed E-state index contributed by atoms with van der Waals surface area (Å²) in [5, 5.41) is 25.7.